The number of aryl methyl sites for hydroxylation is 1. The minimum atomic E-state index is -0.524. The van der Waals surface area contributed by atoms with Crippen molar-refractivity contribution in [2.45, 2.75) is 0 Å². The van der Waals surface area contributed by atoms with Crippen LogP contribution < -0.4 is 15.2 Å². The summed E-state index contributed by atoms with van der Waals surface area (Å²) in [6.07, 6.45) is 2.67. The maximum atomic E-state index is 13.9. The Balaban J connectivity index is 1.58. The van der Waals surface area contributed by atoms with Crippen LogP contribution in [-0.4, -0.2) is 58.9 Å². The highest BCUT2D eigenvalue weighted by atomic mass is 19.1. The number of carbonyl (C=O) groups is 1. The largest absolute Gasteiger partial charge is 0.491 e. The number of methoxy groups -OCH3 is 1. The van der Waals surface area contributed by atoms with Crippen molar-refractivity contribution in [3.63, 3.8) is 0 Å². The van der Waals surface area contributed by atoms with Crippen molar-refractivity contribution < 1.29 is 13.9 Å². The summed E-state index contributed by atoms with van der Waals surface area (Å²) < 4.78 is 20.3. The number of rotatable bonds is 3. The van der Waals surface area contributed by atoms with E-state index >= 15 is 0 Å². The number of hydrogen-bond acceptors (Lipinski definition) is 6. The molecule has 0 unspecified atom stereocenters. The first kappa shape index (κ1) is 18.9. The van der Waals surface area contributed by atoms with Crippen molar-refractivity contribution in [1.82, 2.24) is 19.7 Å². The van der Waals surface area contributed by atoms with Crippen LogP contribution in [0.5, 0.6) is 5.75 Å². The summed E-state index contributed by atoms with van der Waals surface area (Å²) in [4.78, 5) is 32.9. The molecule has 9 heteroatoms. The van der Waals surface area contributed by atoms with Crippen molar-refractivity contribution in [3.05, 3.63) is 58.5 Å². The maximum Gasteiger partial charge on any atom is 0.275 e. The number of nitrogens with zero attached hydrogens (tertiary/aromatic N) is 5. The first-order valence-corrected chi connectivity index (χ1v) is 9.19. The molecule has 3 aromatic rings. The molecular formula is C20H20FN5O3. The van der Waals surface area contributed by atoms with Gasteiger partial charge in [0, 0.05) is 38.6 Å². The fourth-order valence-electron chi connectivity index (χ4n) is 3.60. The second kappa shape index (κ2) is 7.50. The predicted octanol–water partition coefficient (Wildman–Crippen LogP) is 1.44. The molecule has 1 aliphatic heterocycles. The van der Waals surface area contributed by atoms with E-state index in [-0.39, 0.29) is 22.9 Å². The number of ether oxygens (including phenoxy) is 1. The molecule has 1 aliphatic rings. The van der Waals surface area contributed by atoms with Crippen LogP contribution in [0.1, 0.15) is 10.5 Å². The van der Waals surface area contributed by atoms with Crippen LogP contribution in [0.25, 0.3) is 10.8 Å². The molecule has 0 radical (unpaired) electrons. The average Bonchev–Trinajstić information content (AvgIpc) is 2.76. The summed E-state index contributed by atoms with van der Waals surface area (Å²) in [6, 6.07) is 6.96. The van der Waals surface area contributed by atoms with Crippen LogP contribution >= 0.6 is 0 Å². The van der Waals surface area contributed by atoms with Crippen LogP contribution in [-0.2, 0) is 7.05 Å². The van der Waals surface area contributed by atoms with Gasteiger partial charge in [-0.15, -0.1) is 0 Å². The molecule has 0 aliphatic carbocycles. The van der Waals surface area contributed by atoms with Crippen molar-refractivity contribution in [1.29, 1.82) is 0 Å². The van der Waals surface area contributed by atoms with E-state index in [1.165, 1.54) is 18.8 Å². The molecule has 0 saturated carbocycles. The number of hydrogen-bond donors (Lipinski definition) is 0. The summed E-state index contributed by atoms with van der Waals surface area (Å²) in [5.74, 6) is -0.615. The Bertz CT molecular complexity index is 1140. The van der Waals surface area contributed by atoms with E-state index in [1.807, 2.05) is 4.90 Å². The maximum absolute atomic E-state index is 13.9. The first-order chi connectivity index (χ1) is 14.0. The molecular weight excluding hydrogens is 377 g/mol. The number of piperazine rings is 1. The second-order valence-electron chi connectivity index (χ2n) is 6.78. The lowest BCUT2D eigenvalue weighted by molar-refractivity contribution is 0.0740. The number of carbonyl (C=O) groups excluding carboxylic acids is 1. The van der Waals surface area contributed by atoms with E-state index in [0.717, 1.165) is 6.20 Å². The molecule has 0 atom stereocenters. The summed E-state index contributed by atoms with van der Waals surface area (Å²) in [5, 5.41) is 5.21. The molecule has 1 aromatic carbocycles. The van der Waals surface area contributed by atoms with Crippen molar-refractivity contribution in [2.75, 3.05) is 38.2 Å². The SMILES string of the molecule is COc1c(F)cncc1N1CCN(C(=O)c2nn(C)c(=O)c3ccccc23)CC1. The zero-order valence-electron chi connectivity index (χ0n) is 16.1. The predicted molar refractivity (Wildman–Crippen MR) is 106 cm³/mol. The Hall–Kier alpha value is -3.49. The van der Waals surface area contributed by atoms with Gasteiger partial charge in [-0.05, 0) is 6.07 Å². The van der Waals surface area contributed by atoms with Gasteiger partial charge in [0.25, 0.3) is 11.5 Å². The van der Waals surface area contributed by atoms with Gasteiger partial charge < -0.3 is 14.5 Å². The van der Waals surface area contributed by atoms with Gasteiger partial charge >= 0.3 is 0 Å². The van der Waals surface area contributed by atoms with Crippen LogP contribution in [0, 0.1) is 5.82 Å². The Morgan fingerprint density at radius 3 is 2.48 bits per heavy atom. The normalized spacial score (nSPS) is 14.3. The number of amides is 1. The molecule has 1 saturated heterocycles. The lowest BCUT2D eigenvalue weighted by Crippen LogP contribution is -2.49. The topological polar surface area (TPSA) is 80.6 Å². The molecule has 3 heterocycles. The van der Waals surface area contributed by atoms with Gasteiger partial charge in [-0.25, -0.2) is 9.07 Å². The van der Waals surface area contributed by atoms with Gasteiger partial charge in [0.2, 0.25) is 0 Å². The zero-order chi connectivity index (χ0) is 20.5. The molecule has 2 aromatic heterocycles. The fourth-order valence-corrected chi connectivity index (χ4v) is 3.60. The standard InChI is InChI=1S/C20H20FN5O3/c1-24-19(27)14-6-4-3-5-13(14)17(23-24)20(28)26-9-7-25(8-10-26)16-12-22-11-15(21)18(16)29-2/h3-6,11-12H,7-10H2,1-2H3. The third kappa shape index (κ3) is 3.28. The van der Waals surface area contributed by atoms with Gasteiger partial charge in [0.15, 0.2) is 17.3 Å². The third-order valence-corrected chi connectivity index (χ3v) is 5.11. The minimum Gasteiger partial charge on any atom is -0.491 e. The highest BCUT2D eigenvalue weighted by molar-refractivity contribution is 6.04. The third-order valence-electron chi connectivity index (χ3n) is 5.11. The molecule has 1 amide bonds. The highest BCUT2D eigenvalue weighted by Gasteiger charge is 2.27. The lowest BCUT2D eigenvalue weighted by Gasteiger charge is -2.36. The summed E-state index contributed by atoms with van der Waals surface area (Å²) in [7, 11) is 2.95. The number of pyridine rings is 1. The van der Waals surface area contributed by atoms with E-state index in [2.05, 4.69) is 10.1 Å². The Labute approximate surface area is 166 Å². The van der Waals surface area contributed by atoms with Crippen LogP contribution in [0.2, 0.25) is 0 Å². The first-order valence-electron chi connectivity index (χ1n) is 9.19. The molecule has 8 nitrogen and oxygen atoms in total. The molecule has 29 heavy (non-hydrogen) atoms. The van der Waals surface area contributed by atoms with Crippen LogP contribution in [0.3, 0.4) is 0 Å². The van der Waals surface area contributed by atoms with Crippen LogP contribution in [0.4, 0.5) is 10.1 Å². The monoisotopic (exact) mass is 397 g/mol. The number of fused-ring (bicyclic) bond motifs is 1. The van der Waals surface area contributed by atoms with Crippen molar-refractivity contribution in [2.24, 2.45) is 7.05 Å². The highest BCUT2D eigenvalue weighted by Crippen LogP contribution is 2.30. The van der Waals surface area contributed by atoms with E-state index in [9.17, 15) is 14.0 Å². The van der Waals surface area contributed by atoms with E-state index in [4.69, 9.17) is 4.74 Å². The van der Waals surface area contributed by atoms with E-state index < -0.39 is 5.82 Å². The molecule has 0 N–H and O–H groups in total. The van der Waals surface area contributed by atoms with Crippen LogP contribution in [0.15, 0.2) is 41.5 Å². The summed E-state index contributed by atoms with van der Waals surface area (Å²) in [6.45, 7) is 1.85. The Kier molecular flexibility index (Phi) is 4.87. The molecule has 150 valence electrons. The average molecular weight is 397 g/mol. The quantitative estimate of drug-likeness (QED) is 0.665. The second-order valence-corrected chi connectivity index (χ2v) is 6.78. The molecule has 1 fully saturated rings. The van der Waals surface area contributed by atoms with Gasteiger partial charge in [-0.2, -0.15) is 5.10 Å². The van der Waals surface area contributed by atoms with Gasteiger partial charge in [0.05, 0.1) is 24.9 Å². The van der Waals surface area contributed by atoms with Gasteiger partial charge in [-0.3, -0.25) is 14.6 Å². The summed E-state index contributed by atoms with van der Waals surface area (Å²) in [5.41, 5.74) is 0.569. The van der Waals surface area contributed by atoms with Crippen molar-refractivity contribution in [3.8, 4) is 5.75 Å². The number of benzene rings is 1. The Morgan fingerprint density at radius 2 is 1.79 bits per heavy atom. The van der Waals surface area contributed by atoms with Gasteiger partial charge in [0.1, 0.15) is 5.69 Å². The number of halogens is 1. The lowest BCUT2D eigenvalue weighted by atomic mass is 10.1. The van der Waals surface area contributed by atoms with Crippen molar-refractivity contribution >= 4 is 22.4 Å². The number of anilines is 1. The molecule has 0 bridgehead atoms. The molecule has 0 spiro atoms. The minimum absolute atomic E-state index is 0.144. The smallest absolute Gasteiger partial charge is 0.275 e. The Morgan fingerprint density at radius 1 is 1.10 bits per heavy atom. The van der Waals surface area contributed by atoms with Gasteiger partial charge in [-0.1, -0.05) is 18.2 Å². The van der Waals surface area contributed by atoms with E-state index in [0.29, 0.717) is 42.6 Å². The number of aromatic nitrogens is 3. The van der Waals surface area contributed by atoms with E-state index in [1.54, 1.807) is 35.4 Å². The molecule has 4 rings (SSSR count). The summed E-state index contributed by atoms with van der Waals surface area (Å²) >= 11 is 0. The zero-order valence-corrected chi connectivity index (χ0v) is 16.1. The fraction of sp³-hybridized carbons (Fsp3) is 0.300.